The number of hydrogen-bond acceptors (Lipinski definition) is 2. The van der Waals surface area contributed by atoms with Crippen LogP contribution in [-0.2, 0) is 20.0 Å². The molecule has 0 atom stereocenters. The highest BCUT2D eigenvalue weighted by Gasteiger charge is 2.04. The highest BCUT2D eigenvalue weighted by atomic mass is 35.5. The molecule has 0 unspecified atom stereocenters. The maximum Gasteiger partial charge on any atom is 0.202 e. The van der Waals surface area contributed by atoms with Gasteiger partial charge in [-0.2, -0.15) is 5.10 Å². The second-order valence-electron chi connectivity index (χ2n) is 3.61. The molecule has 0 bridgehead atoms. The molecule has 2 aromatic rings. The topological polar surface area (TPSA) is 35.6 Å². The second kappa shape index (κ2) is 4.06. The zero-order valence-corrected chi connectivity index (χ0v) is 9.57. The third kappa shape index (κ3) is 2.21. The molecule has 80 valence electrons. The largest absolute Gasteiger partial charge is 0.322 e. The van der Waals surface area contributed by atoms with E-state index in [1.54, 1.807) is 6.20 Å². The maximum atomic E-state index is 5.84. The van der Waals surface area contributed by atoms with Gasteiger partial charge in [0.05, 0.1) is 6.20 Å². The number of aromatic nitrogens is 4. The molecule has 0 saturated heterocycles. The predicted octanol–water partition coefficient (Wildman–Crippen LogP) is 1.82. The Balaban J connectivity index is 2.02. The molecule has 0 aliphatic carbocycles. The molecular weight excluding hydrogens is 212 g/mol. The molecule has 2 heterocycles. The van der Waals surface area contributed by atoms with Crippen LogP contribution >= 0.6 is 11.6 Å². The zero-order valence-electron chi connectivity index (χ0n) is 8.81. The lowest BCUT2D eigenvalue weighted by Gasteiger charge is -2.03. The summed E-state index contributed by atoms with van der Waals surface area (Å²) in [6.07, 6.45) is 6.57. The van der Waals surface area contributed by atoms with Gasteiger partial charge in [0, 0.05) is 38.1 Å². The van der Waals surface area contributed by atoms with Gasteiger partial charge in [0.2, 0.25) is 5.28 Å². The highest BCUT2D eigenvalue weighted by Crippen LogP contribution is 2.09. The van der Waals surface area contributed by atoms with Crippen LogP contribution in [0.3, 0.4) is 0 Å². The van der Waals surface area contributed by atoms with E-state index >= 15 is 0 Å². The average molecular weight is 225 g/mol. The molecule has 4 nitrogen and oxygen atoms in total. The first-order chi connectivity index (χ1) is 7.16. The van der Waals surface area contributed by atoms with Gasteiger partial charge in [-0.15, -0.1) is 0 Å². The van der Waals surface area contributed by atoms with Crippen LogP contribution in [0.15, 0.2) is 18.6 Å². The maximum absolute atomic E-state index is 5.84. The van der Waals surface area contributed by atoms with Gasteiger partial charge in [0.1, 0.15) is 0 Å². The SMILES string of the molecule is Cc1cnn(CCc2cnc(Cl)n2C)c1. The van der Waals surface area contributed by atoms with Gasteiger partial charge < -0.3 is 4.57 Å². The van der Waals surface area contributed by atoms with Crippen LogP contribution in [0.25, 0.3) is 0 Å². The molecule has 0 aliphatic heterocycles. The number of nitrogens with zero attached hydrogens (tertiary/aromatic N) is 4. The Labute approximate surface area is 93.5 Å². The van der Waals surface area contributed by atoms with E-state index in [1.807, 2.05) is 35.6 Å². The van der Waals surface area contributed by atoms with E-state index in [0.717, 1.165) is 18.7 Å². The van der Waals surface area contributed by atoms with Crippen molar-refractivity contribution < 1.29 is 0 Å². The van der Waals surface area contributed by atoms with E-state index in [9.17, 15) is 0 Å². The van der Waals surface area contributed by atoms with Crippen LogP contribution < -0.4 is 0 Å². The Morgan fingerprint density at radius 1 is 1.40 bits per heavy atom. The van der Waals surface area contributed by atoms with Gasteiger partial charge in [-0.05, 0) is 24.1 Å². The van der Waals surface area contributed by atoms with Crippen LogP contribution in [0.4, 0.5) is 0 Å². The molecule has 15 heavy (non-hydrogen) atoms. The number of rotatable bonds is 3. The molecule has 0 radical (unpaired) electrons. The zero-order chi connectivity index (χ0) is 10.8. The van der Waals surface area contributed by atoms with Crippen molar-refractivity contribution in [3.63, 3.8) is 0 Å². The van der Waals surface area contributed by atoms with Crippen molar-refractivity contribution in [2.24, 2.45) is 7.05 Å². The summed E-state index contributed by atoms with van der Waals surface area (Å²) in [7, 11) is 1.92. The van der Waals surface area contributed by atoms with E-state index in [-0.39, 0.29) is 0 Å². The number of aryl methyl sites for hydroxylation is 3. The lowest BCUT2D eigenvalue weighted by Crippen LogP contribution is -2.05. The van der Waals surface area contributed by atoms with Crippen LogP contribution in [0, 0.1) is 6.92 Å². The van der Waals surface area contributed by atoms with Gasteiger partial charge in [-0.3, -0.25) is 4.68 Å². The Hall–Kier alpha value is -1.29. The van der Waals surface area contributed by atoms with Gasteiger partial charge >= 0.3 is 0 Å². The van der Waals surface area contributed by atoms with Crippen molar-refractivity contribution in [2.75, 3.05) is 0 Å². The summed E-state index contributed by atoms with van der Waals surface area (Å²) in [6, 6.07) is 0. The molecule has 2 rings (SSSR count). The minimum absolute atomic E-state index is 0.529. The molecule has 2 aromatic heterocycles. The van der Waals surface area contributed by atoms with E-state index in [0.29, 0.717) is 5.28 Å². The summed E-state index contributed by atoms with van der Waals surface area (Å²) in [4.78, 5) is 4.03. The second-order valence-corrected chi connectivity index (χ2v) is 3.95. The summed E-state index contributed by atoms with van der Waals surface area (Å²) in [6.45, 7) is 2.88. The molecule has 0 saturated carbocycles. The molecular formula is C10H13ClN4. The van der Waals surface area contributed by atoms with Gasteiger partial charge in [-0.25, -0.2) is 4.98 Å². The van der Waals surface area contributed by atoms with E-state index in [4.69, 9.17) is 11.6 Å². The average Bonchev–Trinajstić information content (AvgIpc) is 2.74. The van der Waals surface area contributed by atoms with Crippen molar-refractivity contribution in [3.05, 3.63) is 35.1 Å². The minimum Gasteiger partial charge on any atom is -0.322 e. The molecule has 0 spiro atoms. The van der Waals surface area contributed by atoms with Crippen molar-refractivity contribution >= 4 is 11.6 Å². The lowest BCUT2D eigenvalue weighted by atomic mass is 10.3. The van der Waals surface area contributed by atoms with Crippen LogP contribution in [0.1, 0.15) is 11.3 Å². The smallest absolute Gasteiger partial charge is 0.202 e. The highest BCUT2D eigenvalue weighted by molar-refractivity contribution is 6.28. The molecule has 0 amide bonds. The number of hydrogen-bond donors (Lipinski definition) is 0. The van der Waals surface area contributed by atoms with E-state index in [1.165, 1.54) is 5.56 Å². The van der Waals surface area contributed by atoms with Gasteiger partial charge in [-0.1, -0.05) is 0 Å². The fraction of sp³-hybridized carbons (Fsp3) is 0.400. The number of halogens is 1. The molecule has 0 aliphatic rings. The molecule has 0 fully saturated rings. The van der Waals surface area contributed by atoms with Gasteiger partial charge in [0.25, 0.3) is 0 Å². The third-order valence-electron chi connectivity index (χ3n) is 2.39. The van der Waals surface area contributed by atoms with Crippen molar-refractivity contribution in [1.82, 2.24) is 19.3 Å². The first kappa shape index (κ1) is 10.2. The summed E-state index contributed by atoms with van der Waals surface area (Å²) < 4.78 is 3.81. The lowest BCUT2D eigenvalue weighted by molar-refractivity contribution is 0.598. The summed E-state index contributed by atoms with van der Waals surface area (Å²) >= 11 is 5.84. The Morgan fingerprint density at radius 3 is 2.73 bits per heavy atom. The first-order valence-corrected chi connectivity index (χ1v) is 5.20. The first-order valence-electron chi connectivity index (χ1n) is 4.82. The monoisotopic (exact) mass is 224 g/mol. The molecule has 0 N–H and O–H groups in total. The third-order valence-corrected chi connectivity index (χ3v) is 2.74. The molecule has 5 heteroatoms. The van der Waals surface area contributed by atoms with Crippen LogP contribution in [0.5, 0.6) is 0 Å². The fourth-order valence-corrected chi connectivity index (χ4v) is 1.63. The van der Waals surface area contributed by atoms with Crippen LogP contribution in [-0.4, -0.2) is 19.3 Å². The minimum atomic E-state index is 0.529. The Kier molecular flexibility index (Phi) is 2.77. The summed E-state index contributed by atoms with van der Waals surface area (Å²) in [5.41, 5.74) is 2.30. The van der Waals surface area contributed by atoms with Crippen molar-refractivity contribution in [2.45, 2.75) is 19.9 Å². The number of imidazole rings is 1. The van der Waals surface area contributed by atoms with E-state index < -0.39 is 0 Å². The fourth-order valence-electron chi connectivity index (χ4n) is 1.47. The van der Waals surface area contributed by atoms with Gasteiger partial charge in [0.15, 0.2) is 0 Å². The van der Waals surface area contributed by atoms with Crippen molar-refractivity contribution in [1.29, 1.82) is 0 Å². The quantitative estimate of drug-likeness (QED) is 0.798. The van der Waals surface area contributed by atoms with E-state index in [2.05, 4.69) is 10.1 Å². The van der Waals surface area contributed by atoms with Crippen molar-refractivity contribution in [3.8, 4) is 0 Å². The molecule has 0 aromatic carbocycles. The normalized spacial score (nSPS) is 10.9. The summed E-state index contributed by atoms with van der Waals surface area (Å²) in [5.74, 6) is 0. The standard InChI is InChI=1S/C10H13ClN4/c1-8-5-13-15(7-8)4-3-9-6-12-10(11)14(9)2/h5-7H,3-4H2,1-2H3. The van der Waals surface area contributed by atoms with Crippen LogP contribution in [0.2, 0.25) is 5.28 Å². The Morgan fingerprint density at radius 2 is 2.20 bits per heavy atom. The predicted molar refractivity (Wildman–Crippen MR) is 58.9 cm³/mol. The Bertz CT molecular complexity index is 458. The summed E-state index contributed by atoms with van der Waals surface area (Å²) in [5, 5.41) is 4.75.